The van der Waals surface area contributed by atoms with Gasteiger partial charge in [0.2, 0.25) is 0 Å². The Balaban J connectivity index is 1.94. The van der Waals surface area contributed by atoms with Gasteiger partial charge in [0.25, 0.3) is 0 Å². The van der Waals surface area contributed by atoms with Crippen LogP contribution in [0.2, 0.25) is 0 Å². The molecule has 0 aliphatic carbocycles. The average Bonchev–Trinajstić information content (AvgIpc) is 2.70. The van der Waals surface area contributed by atoms with E-state index in [-0.39, 0.29) is 0 Å². The molecule has 0 aromatic carbocycles. The molecule has 3 heteroatoms. The molecule has 1 aromatic rings. The molecule has 2 aliphatic rings. The van der Waals surface area contributed by atoms with E-state index in [1.807, 2.05) is 25.3 Å². The molecular formula is C13H18N2O. The first-order valence-corrected chi connectivity index (χ1v) is 6.06. The molecule has 1 N–H and O–H groups in total. The van der Waals surface area contributed by atoms with Gasteiger partial charge in [-0.2, -0.15) is 0 Å². The van der Waals surface area contributed by atoms with Gasteiger partial charge in [-0.3, -0.25) is 4.98 Å². The topological polar surface area (TPSA) is 36.4 Å². The summed E-state index contributed by atoms with van der Waals surface area (Å²) in [6.07, 6.45) is 3.82. The van der Waals surface area contributed by atoms with Crippen molar-refractivity contribution >= 4 is 0 Å². The van der Waals surface area contributed by atoms with Gasteiger partial charge in [-0.25, -0.2) is 0 Å². The van der Waals surface area contributed by atoms with Crippen LogP contribution >= 0.6 is 0 Å². The van der Waals surface area contributed by atoms with E-state index in [0.717, 1.165) is 43.7 Å². The molecule has 2 saturated heterocycles. The van der Waals surface area contributed by atoms with Crippen LogP contribution < -0.4 is 0 Å². The van der Waals surface area contributed by atoms with Crippen LogP contribution in [0.25, 0.3) is 0 Å². The molecule has 2 fully saturated rings. The molecule has 0 radical (unpaired) electrons. The fourth-order valence-corrected chi connectivity index (χ4v) is 3.06. The summed E-state index contributed by atoms with van der Waals surface area (Å²) in [6, 6.07) is 4.03. The average molecular weight is 218 g/mol. The molecule has 0 saturated carbocycles. The SMILES string of the molecule is Cc1ccc(C2(O)CCN3CCC2C3)cn1. The highest BCUT2D eigenvalue weighted by molar-refractivity contribution is 5.23. The monoisotopic (exact) mass is 218 g/mol. The third-order valence-corrected chi connectivity index (χ3v) is 4.17. The number of aromatic nitrogens is 1. The number of hydrogen-bond acceptors (Lipinski definition) is 3. The van der Waals surface area contributed by atoms with Crippen molar-refractivity contribution in [3.8, 4) is 0 Å². The van der Waals surface area contributed by atoms with Crippen LogP contribution in [0.3, 0.4) is 0 Å². The van der Waals surface area contributed by atoms with Crippen molar-refractivity contribution in [3.63, 3.8) is 0 Å². The Hall–Kier alpha value is -0.930. The number of piperidine rings is 1. The number of pyridine rings is 1. The summed E-state index contributed by atoms with van der Waals surface area (Å²) in [5.74, 6) is 0.394. The van der Waals surface area contributed by atoms with Crippen LogP contribution in [0.1, 0.15) is 24.1 Å². The van der Waals surface area contributed by atoms with Gasteiger partial charge in [0, 0.05) is 36.5 Å². The van der Waals surface area contributed by atoms with Crippen LogP contribution in [-0.4, -0.2) is 34.6 Å². The number of hydrogen-bond donors (Lipinski definition) is 1. The third kappa shape index (κ3) is 1.46. The third-order valence-electron chi connectivity index (χ3n) is 4.17. The Labute approximate surface area is 96.1 Å². The fourth-order valence-electron chi connectivity index (χ4n) is 3.06. The standard InChI is InChI=1S/C13H18N2O/c1-10-2-3-11(8-14-10)13(16)5-7-15-6-4-12(13)9-15/h2-3,8,12,16H,4-7,9H2,1H3. The number of aryl methyl sites for hydroxylation is 1. The Morgan fingerprint density at radius 1 is 1.44 bits per heavy atom. The van der Waals surface area contributed by atoms with Crippen LogP contribution in [0.15, 0.2) is 18.3 Å². The first-order chi connectivity index (χ1) is 7.68. The molecule has 86 valence electrons. The molecule has 16 heavy (non-hydrogen) atoms. The fraction of sp³-hybridized carbons (Fsp3) is 0.615. The lowest BCUT2D eigenvalue weighted by Gasteiger charge is -2.38. The maximum Gasteiger partial charge on any atom is 0.0964 e. The molecule has 3 heterocycles. The van der Waals surface area contributed by atoms with Crippen molar-refractivity contribution in [2.75, 3.05) is 19.6 Å². The molecule has 3 rings (SSSR count). The van der Waals surface area contributed by atoms with Crippen LogP contribution in [0.5, 0.6) is 0 Å². The Kier molecular flexibility index (Phi) is 2.26. The van der Waals surface area contributed by atoms with Crippen molar-refractivity contribution in [1.29, 1.82) is 0 Å². The van der Waals surface area contributed by atoms with E-state index < -0.39 is 5.60 Å². The second-order valence-corrected chi connectivity index (χ2v) is 5.15. The highest BCUT2D eigenvalue weighted by Crippen LogP contribution is 2.42. The minimum Gasteiger partial charge on any atom is -0.385 e. The first-order valence-electron chi connectivity index (χ1n) is 6.06. The van der Waals surface area contributed by atoms with Gasteiger partial charge in [-0.1, -0.05) is 6.07 Å². The zero-order valence-electron chi connectivity index (χ0n) is 9.69. The predicted molar refractivity (Wildman–Crippen MR) is 62.0 cm³/mol. The van der Waals surface area contributed by atoms with E-state index >= 15 is 0 Å². The summed E-state index contributed by atoms with van der Waals surface area (Å²) < 4.78 is 0. The molecule has 0 spiro atoms. The van der Waals surface area contributed by atoms with Crippen LogP contribution in [0.4, 0.5) is 0 Å². The predicted octanol–water partition coefficient (Wildman–Crippen LogP) is 1.30. The van der Waals surface area contributed by atoms with Gasteiger partial charge in [0.15, 0.2) is 0 Å². The van der Waals surface area contributed by atoms with Crippen LogP contribution in [-0.2, 0) is 5.60 Å². The van der Waals surface area contributed by atoms with Gasteiger partial charge in [0.1, 0.15) is 0 Å². The molecule has 1 aromatic heterocycles. The molecule has 3 unspecified atom stereocenters. The lowest BCUT2D eigenvalue weighted by molar-refractivity contribution is -0.0504. The minimum absolute atomic E-state index is 0.394. The van der Waals surface area contributed by atoms with Gasteiger partial charge in [-0.05, 0) is 32.4 Å². The Morgan fingerprint density at radius 3 is 3.06 bits per heavy atom. The summed E-state index contributed by atoms with van der Waals surface area (Å²) in [4.78, 5) is 6.75. The van der Waals surface area contributed by atoms with Gasteiger partial charge in [-0.15, -0.1) is 0 Å². The maximum atomic E-state index is 10.9. The van der Waals surface area contributed by atoms with E-state index in [1.165, 1.54) is 0 Å². The highest BCUT2D eigenvalue weighted by Gasteiger charge is 2.45. The second kappa shape index (κ2) is 3.54. The smallest absolute Gasteiger partial charge is 0.0964 e. The Bertz CT molecular complexity index is 389. The van der Waals surface area contributed by atoms with Crippen molar-refractivity contribution < 1.29 is 5.11 Å². The summed E-state index contributed by atoms with van der Waals surface area (Å²) in [7, 11) is 0. The number of rotatable bonds is 1. The number of fused-ring (bicyclic) bond motifs is 2. The van der Waals surface area contributed by atoms with Gasteiger partial charge in [0.05, 0.1) is 5.60 Å². The zero-order chi connectivity index (χ0) is 11.2. The molecule has 2 aliphatic heterocycles. The molecule has 3 atom stereocenters. The molecular weight excluding hydrogens is 200 g/mol. The Morgan fingerprint density at radius 2 is 2.31 bits per heavy atom. The van der Waals surface area contributed by atoms with Crippen molar-refractivity contribution in [2.45, 2.75) is 25.4 Å². The van der Waals surface area contributed by atoms with E-state index in [9.17, 15) is 5.11 Å². The normalized spacial score (nSPS) is 37.6. The van der Waals surface area contributed by atoms with E-state index in [2.05, 4.69) is 9.88 Å². The zero-order valence-corrected chi connectivity index (χ0v) is 9.69. The van der Waals surface area contributed by atoms with Gasteiger partial charge < -0.3 is 10.0 Å². The summed E-state index contributed by atoms with van der Waals surface area (Å²) >= 11 is 0. The molecule has 2 bridgehead atoms. The number of nitrogens with zero attached hydrogens (tertiary/aromatic N) is 2. The van der Waals surface area contributed by atoms with Gasteiger partial charge >= 0.3 is 0 Å². The second-order valence-electron chi connectivity index (χ2n) is 5.15. The van der Waals surface area contributed by atoms with Crippen molar-refractivity contribution in [1.82, 2.24) is 9.88 Å². The summed E-state index contributed by atoms with van der Waals surface area (Å²) in [5.41, 5.74) is 1.38. The van der Waals surface area contributed by atoms with Crippen molar-refractivity contribution in [2.24, 2.45) is 5.92 Å². The maximum absolute atomic E-state index is 10.9. The number of aliphatic hydroxyl groups is 1. The van der Waals surface area contributed by atoms with Crippen molar-refractivity contribution in [3.05, 3.63) is 29.6 Å². The summed E-state index contributed by atoms with van der Waals surface area (Å²) in [6.45, 7) is 5.18. The lowest BCUT2D eigenvalue weighted by atomic mass is 9.77. The van der Waals surface area contributed by atoms with E-state index in [4.69, 9.17) is 0 Å². The minimum atomic E-state index is -0.631. The highest BCUT2D eigenvalue weighted by atomic mass is 16.3. The lowest BCUT2D eigenvalue weighted by Crippen LogP contribution is -2.44. The first kappa shape index (κ1) is 10.2. The molecule has 0 amide bonds. The quantitative estimate of drug-likeness (QED) is 0.772. The summed E-state index contributed by atoms with van der Waals surface area (Å²) in [5, 5.41) is 10.9. The molecule has 3 nitrogen and oxygen atoms in total. The van der Waals surface area contributed by atoms with E-state index in [1.54, 1.807) is 0 Å². The van der Waals surface area contributed by atoms with E-state index in [0.29, 0.717) is 5.92 Å². The van der Waals surface area contributed by atoms with Crippen LogP contribution in [0, 0.1) is 12.8 Å². The largest absolute Gasteiger partial charge is 0.385 e.